The number of amides is 1. The van der Waals surface area contributed by atoms with Crippen LogP contribution in [0.1, 0.15) is 25.1 Å². The molecule has 0 aliphatic carbocycles. The van der Waals surface area contributed by atoms with Gasteiger partial charge in [0.25, 0.3) is 0 Å². The Bertz CT molecular complexity index is 1430. The minimum absolute atomic E-state index is 0.109. The molecule has 2 unspecified atom stereocenters. The van der Waals surface area contributed by atoms with Gasteiger partial charge in [-0.25, -0.2) is 9.97 Å². The standard InChI is InChI=1S/C29H31N5O2S/c1-18-8-10-22(13-27(18)37-4)31-29(35)14-23-12-26-21(15-30-23)9-11-25(32-26)24-6-5-7-28(33-24)34-16-19(2)36-20(3)17-34/h5-13,15,19-20H,14,16-17H2,1-4H3,(H,31,35). The van der Waals surface area contributed by atoms with Crippen molar-refractivity contribution in [3.8, 4) is 11.4 Å². The number of carbonyl (C=O) groups is 1. The third-order valence-electron chi connectivity index (χ3n) is 6.40. The molecule has 8 heteroatoms. The number of fused-ring (bicyclic) bond motifs is 1. The van der Waals surface area contributed by atoms with E-state index in [-0.39, 0.29) is 24.5 Å². The lowest BCUT2D eigenvalue weighted by Crippen LogP contribution is -2.45. The van der Waals surface area contributed by atoms with Gasteiger partial charge in [0, 0.05) is 35.3 Å². The second-order valence-corrected chi connectivity index (χ2v) is 10.4. The zero-order chi connectivity index (χ0) is 25.9. The average Bonchev–Trinajstić information content (AvgIpc) is 2.89. The Morgan fingerprint density at radius 3 is 2.62 bits per heavy atom. The lowest BCUT2D eigenvalue weighted by molar-refractivity contribution is -0.115. The van der Waals surface area contributed by atoms with Crippen LogP contribution in [0, 0.1) is 6.92 Å². The highest BCUT2D eigenvalue weighted by Gasteiger charge is 2.23. The maximum atomic E-state index is 12.7. The van der Waals surface area contributed by atoms with Crippen LogP contribution in [0.2, 0.25) is 0 Å². The zero-order valence-electron chi connectivity index (χ0n) is 21.6. The normalized spacial score (nSPS) is 17.7. The van der Waals surface area contributed by atoms with Crippen molar-refractivity contribution in [2.75, 3.05) is 29.6 Å². The van der Waals surface area contributed by atoms with E-state index in [1.165, 1.54) is 5.56 Å². The van der Waals surface area contributed by atoms with Gasteiger partial charge in [-0.05, 0) is 75.1 Å². The summed E-state index contributed by atoms with van der Waals surface area (Å²) in [6, 6.07) is 17.8. The van der Waals surface area contributed by atoms with E-state index in [1.54, 1.807) is 18.0 Å². The van der Waals surface area contributed by atoms with Crippen molar-refractivity contribution in [2.24, 2.45) is 0 Å². The molecule has 2 atom stereocenters. The summed E-state index contributed by atoms with van der Waals surface area (Å²) >= 11 is 1.67. The molecule has 3 aromatic heterocycles. The number of pyridine rings is 3. The Labute approximate surface area is 221 Å². The minimum atomic E-state index is -0.109. The topological polar surface area (TPSA) is 80.2 Å². The van der Waals surface area contributed by atoms with Crippen LogP contribution in [-0.4, -0.2) is 52.4 Å². The van der Waals surface area contributed by atoms with Gasteiger partial charge in [0.05, 0.1) is 41.2 Å². The van der Waals surface area contributed by atoms with Gasteiger partial charge in [0.15, 0.2) is 0 Å². The van der Waals surface area contributed by atoms with Crippen LogP contribution >= 0.6 is 11.8 Å². The molecule has 7 nitrogen and oxygen atoms in total. The molecule has 0 spiro atoms. The van der Waals surface area contributed by atoms with Gasteiger partial charge in [-0.15, -0.1) is 11.8 Å². The first-order chi connectivity index (χ1) is 17.9. The zero-order valence-corrected chi connectivity index (χ0v) is 22.4. The van der Waals surface area contributed by atoms with E-state index in [0.29, 0.717) is 5.69 Å². The number of aryl methyl sites for hydroxylation is 1. The third kappa shape index (κ3) is 5.92. The largest absolute Gasteiger partial charge is 0.372 e. The fourth-order valence-corrected chi connectivity index (χ4v) is 5.31. The number of carbonyl (C=O) groups excluding carboxylic acids is 1. The van der Waals surface area contributed by atoms with E-state index in [2.05, 4.69) is 36.0 Å². The van der Waals surface area contributed by atoms with E-state index >= 15 is 0 Å². The van der Waals surface area contributed by atoms with Crippen molar-refractivity contribution in [1.29, 1.82) is 0 Å². The number of ether oxygens (including phenoxy) is 1. The van der Waals surface area contributed by atoms with Crippen LogP contribution in [0.3, 0.4) is 0 Å². The van der Waals surface area contributed by atoms with Crippen LogP contribution < -0.4 is 10.2 Å². The van der Waals surface area contributed by atoms with Crippen molar-refractivity contribution in [2.45, 2.75) is 44.3 Å². The molecular weight excluding hydrogens is 482 g/mol. The number of morpholine rings is 1. The summed E-state index contributed by atoms with van der Waals surface area (Å²) in [6.07, 6.45) is 4.30. The van der Waals surface area contributed by atoms with Crippen molar-refractivity contribution in [3.05, 3.63) is 72.1 Å². The first-order valence-electron chi connectivity index (χ1n) is 12.5. The maximum Gasteiger partial charge on any atom is 0.230 e. The summed E-state index contributed by atoms with van der Waals surface area (Å²) in [6.45, 7) is 7.86. The second-order valence-electron chi connectivity index (χ2n) is 9.52. The highest BCUT2D eigenvalue weighted by Crippen LogP contribution is 2.25. The van der Waals surface area contributed by atoms with Crippen LogP contribution in [0.15, 0.2) is 65.7 Å². The first-order valence-corrected chi connectivity index (χ1v) is 13.7. The maximum absolute atomic E-state index is 12.7. The number of benzene rings is 1. The Kier molecular flexibility index (Phi) is 7.39. The lowest BCUT2D eigenvalue weighted by Gasteiger charge is -2.36. The Morgan fingerprint density at radius 2 is 1.84 bits per heavy atom. The van der Waals surface area contributed by atoms with Crippen molar-refractivity contribution in [3.63, 3.8) is 0 Å². The van der Waals surface area contributed by atoms with Gasteiger partial charge in [-0.1, -0.05) is 12.1 Å². The molecule has 190 valence electrons. The van der Waals surface area contributed by atoms with Crippen LogP contribution in [0.4, 0.5) is 11.5 Å². The second kappa shape index (κ2) is 10.9. The Hall–Kier alpha value is -3.49. The van der Waals surface area contributed by atoms with Gasteiger partial charge < -0.3 is 15.0 Å². The molecule has 1 aliphatic rings. The van der Waals surface area contributed by atoms with E-state index < -0.39 is 0 Å². The molecule has 1 aromatic carbocycles. The monoisotopic (exact) mass is 513 g/mol. The molecule has 5 rings (SSSR count). The minimum Gasteiger partial charge on any atom is -0.372 e. The van der Waals surface area contributed by atoms with Gasteiger partial charge >= 0.3 is 0 Å². The summed E-state index contributed by atoms with van der Waals surface area (Å²) in [5.74, 6) is 0.816. The highest BCUT2D eigenvalue weighted by atomic mass is 32.2. The average molecular weight is 514 g/mol. The van der Waals surface area contributed by atoms with Gasteiger partial charge in [0.2, 0.25) is 5.91 Å². The van der Waals surface area contributed by atoms with Gasteiger partial charge in [-0.3, -0.25) is 9.78 Å². The number of hydrogen-bond donors (Lipinski definition) is 1. The molecule has 4 heterocycles. The Morgan fingerprint density at radius 1 is 1.05 bits per heavy atom. The summed E-state index contributed by atoms with van der Waals surface area (Å²) in [4.78, 5) is 30.4. The van der Waals surface area contributed by atoms with E-state index in [4.69, 9.17) is 14.7 Å². The smallest absolute Gasteiger partial charge is 0.230 e. The van der Waals surface area contributed by atoms with E-state index in [9.17, 15) is 4.79 Å². The number of hydrogen-bond acceptors (Lipinski definition) is 7. The predicted octanol–water partition coefficient (Wildman–Crippen LogP) is 5.52. The van der Waals surface area contributed by atoms with Crippen molar-refractivity contribution < 1.29 is 9.53 Å². The number of aromatic nitrogens is 3. The fourth-order valence-electron chi connectivity index (χ4n) is 4.67. The number of nitrogens with zero attached hydrogens (tertiary/aromatic N) is 4. The Balaban J connectivity index is 1.34. The quantitative estimate of drug-likeness (QED) is 0.340. The van der Waals surface area contributed by atoms with Crippen LogP contribution in [0.5, 0.6) is 0 Å². The predicted molar refractivity (Wildman–Crippen MR) is 150 cm³/mol. The van der Waals surface area contributed by atoms with Crippen molar-refractivity contribution in [1.82, 2.24) is 15.0 Å². The van der Waals surface area contributed by atoms with Crippen LogP contribution in [0.25, 0.3) is 22.3 Å². The number of thioether (sulfide) groups is 1. The molecule has 1 amide bonds. The highest BCUT2D eigenvalue weighted by molar-refractivity contribution is 7.98. The number of rotatable bonds is 6. The molecule has 1 aliphatic heterocycles. The van der Waals surface area contributed by atoms with Crippen LogP contribution in [-0.2, 0) is 16.0 Å². The number of nitrogens with one attached hydrogen (secondary N) is 1. The van der Waals surface area contributed by atoms with Gasteiger partial charge in [-0.2, -0.15) is 0 Å². The third-order valence-corrected chi connectivity index (χ3v) is 7.28. The SMILES string of the molecule is CSc1cc(NC(=O)Cc2cc3nc(-c4cccc(N5CC(C)OC(C)C5)n4)ccc3cn2)ccc1C. The summed E-state index contributed by atoms with van der Waals surface area (Å²) in [5.41, 5.74) is 5.04. The number of anilines is 2. The molecule has 0 saturated carbocycles. The molecule has 1 N–H and O–H groups in total. The van der Waals surface area contributed by atoms with Crippen molar-refractivity contribution >= 4 is 40.1 Å². The molecule has 4 aromatic rings. The van der Waals surface area contributed by atoms with E-state index in [0.717, 1.165) is 51.8 Å². The molecule has 1 fully saturated rings. The summed E-state index contributed by atoms with van der Waals surface area (Å²) in [5, 5.41) is 3.90. The summed E-state index contributed by atoms with van der Waals surface area (Å²) in [7, 11) is 0. The molecule has 0 bridgehead atoms. The molecule has 1 saturated heterocycles. The summed E-state index contributed by atoms with van der Waals surface area (Å²) < 4.78 is 5.87. The fraction of sp³-hybridized carbons (Fsp3) is 0.310. The lowest BCUT2D eigenvalue weighted by atomic mass is 10.1. The molecular formula is C29H31N5O2S. The molecule has 37 heavy (non-hydrogen) atoms. The van der Waals surface area contributed by atoms with Gasteiger partial charge in [0.1, 0.15) is 5.82 Å². The van der Waals surface area contributed by atoms with E-state index in [1.807, 2.05) is 60.9 Å². The molecule has 0 radical (unpaired) electrons. The first kappa shape index (κ1) is 25.2.